The van der Waals surface area contributed by atoms with Gasteiger partial charge < -0.3 is 5.73 Å². The molecule has 84 valence electrons. The Hall–Kier alpha value is -0.400. The van der Waals surface area contributed by atoms with Crippen molar-refractivity contribution in [3.8, 4) is 11.3 Å². The van der Waals surface area contributed by atoms with Crippen molar-refractivity contribution in [1.29, 1.82) is 0 Å². The van der Waals surface area contributed by atoms with Crippen LogP contribution in [0.15, 0.2) is 12.3 Å². The lowest BCUT2D eigenvalue weighted by Crippen LogP contribution is -2.13. The number of fused-ring (bicyclic) bond motifs is 3. The van der Waals surface area contributed by atoms with Crippen LogP contribution < -0.4 is 5.73 Å². The van der Waals surface area contributed by atoms with E-state index >= 15 is 0 Å². The number of nitrogens with zero attached hydrogens (tertiary/aromatic N) is 2. The molecule has 3 nitrogen and oxygen atoms in total. The molecule has 16 heavy (non-hydrogen) atoms. The first-order chi connectivity index (χ1) is 7.79. The van der Waals surface area contributed by atoms with Crippen molar-refractivity contribution >= 4 is 33.9 Å². The van der Waals surface area contributed by atoms with Crippen molar-refractivity contribution in [1.82, 2.24) is 9.78 Å². The Kier molecular flexibility index (Phi) is 2.76. The fourth-order valence-electron chi connectivity index (χ4n) is 2.24. The second-order valence-corrected chi connectivity index (χ2v) is 6.95. The molecule has 0 bridgehead atoms. The van der Waals surface area contributed by atoms with Crippen molar-refractivity contribution in [2.75, 3.05) is 6.54 Å². The number of nitrogens with two attached hydrogens (primary N) is 1. The zero-order valence-electron chi connectivity index (χ0n) is 8.74. The minimum atomic E-state index is 0.644. The lowest BCUT2D eigenvalue weighted by Gasteiger charge is -2.14. The molecule has 3 rings (SSSR count). The van der Waals surface area contributed by atoms with Crippen LogP contribution in [0, 0.1) is 2.88 Å². The third-order valence-corrected chi connectivity index (χ3v) is 4.87. The number of aromatic nitrogens is 2. The van der Waals surface area contributed by atoms with Gasteiger partial charge in [0.25, 0.3) is 0 Å². The molecule has 0 amide bonds. The van der Waals surface area contributed by atoms with Gasteiger partial charge in [0.1, 0.15) is 0 Å². The van der Waals surface area contributed by atoms with E-state index in [0.29, 0.717) is 6.54 Å². The van der Waals surface area contributed by atoms with E-state index < -0.39 is 0 Å². The summed E-state index contributed by atoms with van der Waals surface area (Å²) in [4.78, 5) is 1.50. The first-order valence-corrected chi connectivity index (χ1v) is 7.22. The standard InChI is InChI=1S/C11H12IN3S/c12-10-5-8-9(16-10)2-1-7-6-14-15(4-3-13)11(7)8/h5-6H,1-4,13H2. The molecular weight excluding hydrogens is 333 g/mol. The molecular formula is C11H12IN3S. The monoisotopic (exact) mass is 345 g/mol. The summed E-state index contributed by atoms with van der Waals surface area (Å²) in [5.41, 5.74) is 9.66. The van der Waals surface area contributed by atoms with E-state index in [9.17, 15) is 0 Å². The third kappa shape index (κ3) is 1.61. The van der Waals surface area contributed by atoms with Gasteiger partial charge in [-0.1, -0.05) is 0 Å². The Labute approximate surface area is 112 Å². The maximum atomic E-state index is 5.62. The average Bonchev–Trinajstić information content (AvgIpc) is 2.81. The first kappa shape index (κ1) is 10.7. The second kappa shape index (κ2) is 4.12. The van der Waals surface area contributed by atoms with Crippen LogP contribution in [0.3, 0.4) is 0 Å². The molecule has 0 aliphatic heterocycles. The van der Waals surface area contributed by atoms with E-state index in [1.165, 1.54) is 24.6 Å². The Morgan fingerprint density at radius 1 is 1.50 bits per heavy atom. The highest BCUT2D eigenvalue weighted by Gasteiger charge is 2.22. The summed E-state index contributed by atoms with van der Waals surface area (Å²) in [5, 5.41) is 4.43. The molecule has 2 heterocycles. The Morgan fingerprint density at radius 3 is 3.19 bits per heavy atom. The molecule has 2 aromatic rings. The number of aryl methyl sites for hydroxylation is 2. The van der Waals surface area contributed by atoms with Crippen LogP contribution in [0.1, 0.15) is 10.4 Å². The molecule has 2 N–H and O–H groups in total. The SMILES string of the molecule is NCCn1ncc2c1-c1cc(I)sc1CC2. The fraction of sp³-hybridized carbons (Fsp3) is 0.364. The molecule has 0 atom stereocenters. The van der Waals surface area contributed by atoms with Crippen LogP contribution in [0.4, 0.5) is 0 Å². The van der Waals surface area contributed by atoms with Crippen molar-refractivity contribution in [2.45, 2.75) is 19.4 Å². The second-order valence-electron chi connectivity index (χ2n) is 3.92. The molecule has 1 aliphatic carbocycles. The average molecular weight is 345 g/mol. The van der Waals surface area contributed by atoms with Crippen molar-refractivity contribution < 1.29 is 0 Å². The molecule has 0 saturated heterocycles. The minimum absolute atomic E-state index is 0.644. The summed E-state index contributed by atoms with van der Waals surface area (Å²) in [5.74, 6) is 0. The van der Waals surface area contributed by atoms with Gasteiger partial charge in [0.2, 0.25) is 0 Å². The molecule has 0 radical (unpaired) electrons. The van der Waals surface area contributed by atoms with Gasteiger partial charge in [-0.05, 0) is 47.1 Å². The van der Waals surface area contributed by atoms with E-state index in [1.807, 2.05) is 17.5 Å². The summed E-state index contributed by atoms with van der Waals surface area (Å²) in [7, 11) is 0. The molecule has 0 spiro atoms. The number of rotatable bonds is 2. The van der Waals surface area contributed by atoms with Gasteiger partial charge in [-0.2, -0.15) is 5.10 Å². The highest BCUT2D eigenvalue weighted by molar-refractivity contribution is 14.1. The predicted octanol–water partition coefficient (Wildman–Crippen LogP) is 2.27. The first-order valence-electron chi connectivity index (χ1n) is 5.33. The van der Waals surface area contributed by atoms with E-state index in [1.54, 1.807) is 0 Å². The maximum absolute atomic E-state index is 5.62. The Morgan fingerprint density at radius 2 is 2.38 bits per heavy atom. The Balaban J connectivity index is 2.16. The van der Waals surface area contributed by atoms with Crippen LogP contribution in [0.5, 0.6) is 0 Å². The summed E-state index contributed by atoms with van der Waals surface area (Å²) >= 11 is 4.29. The Bertz CT molecular complexity index is 529. The third-order valence-electron chi connectivity index (χ3n) is 2.91. The molecule has 1 aliphatic rings. The van der Waals surface area contributed by atoms with Gasteiger partial charge in [-0.15, -0.1) is 11.3 Å². The van der Waals surface area contributed by atoms with E-state index in [4.69, 9.17) is 5.73 Å². The van der Waals surface area contributed by atoms with E-state index in [2.05, 4.69) is 38.4 Å². The number of thiophene rings is 1. The summed E-state index contributed by atoms with van der Waals surface area (Å²) in [6.07, 6.45) is 4.27. The quantitative estimate of drug-likeness (QED) is 0.849. The number of hydrogen-bond acceptors (Lipinski definition) is 3. The molecule has 2 aromatic heterocycles. The molecule has 0 fully saturated rings. The fourth-order valence-corrected chi connectivity index (χ4v) is 4.23. The minimum Gasteiger partial charge on any atom is -0.329 e. The smallest absolute Gasteiger partial charge is 0.0726 e. The lowest BCUT2D eigenvalue weighted by atomic mass is 9.97. The van der Waals surface area contributed by atoms with Crippen molar-refractivity contribution in [3.05, 3.63) is 25.6 Å². The van der Waals surface area contributed by atoms with Gasteiger partial charge in [-0.3, -0.25) is 4.68 Å². The largest absolute Gasteiger partial charge is 0.329 e. The van der Waals surface area contributed by atoms with Crippen LogP contribution in [-0.2, 0) is 19.4 Å². The lowest BCUT2D eigenvalue weighted by molar-refractivity contribution is 0.630. The molecule has 5 heteroatoms. The van der Waals surface area contributed by atoms with Gasteiger partial charge in [-0.25, -0.2) is 0 Å². The normalized spacial score (nSPS) is 13.6. The zero-order valence-corrected chi connectivity index (χ0v) is 11.7. The van der Waals surface area contributed by atoms with Gasteiger partial charge in [0.15, 0.2) is 0 Å². The number of halogens is 1. The highest BCUT2D eigenvalue weighted by atomic mass is 127. The predicted molar refractivity (Wildman–Crippen MR) is 74.7 cm³/mol. The molecule has 0 unspecified atom stereocenters. The molecule has 0 aromatic carbocycles. The van der Waals surface area contributed by atoms with Gasteiger partial charge >= 0.3 is 0 Å². The summed E-state index contributed by atoms with van der Waals surface area (Å²) in [6.45, 7) is 1.45. The summed E-state index contributed by atoms with van der Waals surface area (Å²) < 4.78 is 3.41. The van der Waals surface area contributed by atoms with Crippen molar-refractivity contribution in [3.63, 3.8) is 0 Å². The topological polar surface area (TPSA) is 43.8 Å². The zero-order chi connectivity index (χ0) is 11.1. The van der Waals surface area contributed by atoms with Gasteiger partial charge in [0.05, 0.1) is 21.3 Å². The van der Waals surface area contributed by atoms with Crippen LogP contribution in [0.25, 0.3) is 11.3 Å². The van der Waals surface area contributed by atoms with Crippen LogP contribution in [-0.4, -0.2) is 16.3 Å². The van der Waals surface area contributed by atoms with Crippen LogP contribution in [0.2, 0.25) is 0 Å². The highest BCUT2D eigenvalue weighted by Crippen LogP contribution is 2.38. The molecule has 0 saturated carbocycles. The van der Waals surface area contributed by atoms with Gasteiger partial charge in [0, 0.05) is 17.0 Å². The number of hydrogen-bond donors (Lipinski definition) is 1. The van der Waals surface area contributed by atoms with E-state index in [0.717, 1.165) is 19.4 Å². The van der Waals surface area contributed by atoms with Crippen molar-refractivity contribution in [2.24, 2.45) is 5.73 Å². The van der Waals surface area contributed by atoms with E-state index in [-0.39, 0.29) is 0 Å². The summed E-state index contributed by atoms with van der Waals surface area (Å²) in [6, 6.07) is 2.27. The maximum Gasteiger partial charge on any atom is 0.0726 e. The van der Waals surface area contributed by atoms with Crippen LogP contribution >= 0.6 is 33.9 Å².